The molecule has 0 aromatic carbocycles. The molecule has 0 saturated heterocycles. The lowest BCUT2D eigenvalue weighted by Gasteiger charge is -2.30. The number of methoxy groups -OCH3 is 1. The molecule has 0 aromatic rings. The van der Waals surface area contributed by atoms with Crippen LogP contribution >= 0.6 is 0 Å². The molecule has 1 saturated carbocycles. The Bertz CT molecular complexity index is 244. The third-order valence-electron chi connectivity index (χ3n) is 3.30. The van der Waals surface area contributed by atoms with Crippen LogP contribution in [0.5, 0.6) is 0 Å². The van der Waals surface area contributed by atoms with Gasteiger partial charge in [-0.2, -0.15) is 0 Å². The van der Waals surface area contributed by atoms with Crippen molar-refractivity contribution < 1.29 is 9.53 Å². The van der Waals surface area contributed by atoms with Crippen LogP contribution in [-0.2, 0) is 9.53 Å². The lowest BCUT2D eigenvalue weighted by atomic mass is 10.1. The van der Waals surface area contributed by atoms with Gasteiger partial charge < -0.3 is 15.8 Å². The van der Waals surface area contributed by atoms with Gasteiger partial charge in [0, 0.05) is 45.2 Å². The van der Waals surface area contributed by atoms with E-state index in [2.05, 4.69) is 17.1 Å². The number of nitrogens with two attached hydrogens (primary N) is 1. The van der Waals surface area contributed by atoms with Crippen LogP contribution in [0, 0.1) is 0 Å². The molecule has 1 rings (SSSR count). The van der Waals surface area contributed by atoms with Gasteiger partial charge in [-0.05, 0) is 19.3 Å². The van der Waals surface area contributed by atoms with Gasteiger partial charge in [0.05, 0.1) is 6.61 Å². The van der Waals surface area contributed by atoms with Crippen molar-refractivity contribution in [3.8, 4) is 0 Å². The molecule has 0 bridgehead atoms. The molecule has 1 aliphatic carbocycles. The molecule has 3 N–H and O–H groups in total. The summed E-state index contributed by atoms with van der Waals surface area (Å²) in [6.07, 6.45) is 3.90. The third-order valence-corrected chi connectivity index (χ3v) is 3.30. The highest BCUT2D eigenvalue weighted by Crippen LogP contribution is 2.28. The van der Waals surface area contributed by atoms with E-state index >= 15 is 0 Å². The number of carbonyl (C=O) groups excluding carboxylic acids is 1. The zero-order chi connectivity index (χ0) is 13.4. The normalized spacial score (nSPS) is 16.9. The molecule has 0 aliphatic heterocycles. The highest BCUT2D eigenvalue weighted by Gasteiger charge is 2.33. The fraction of sp³-hybridized carbons (Fsp3) is 0.923. The molecule has 0 spiro atoms. The highest BCUT2D eigenvalue weighted by molar-refractivity contribution is 5.76. The first-order valence-corrected chi connectivity index (χ1v) is 6.94. The predicted molar refractivity (Wildman–Crippen MR) is 72.4 cm³/mol. The summed E-state index contributed by atoms with van der Waals surface area (Å²) in [7, 11) is 1.70. The maximum atomic E-state index is 11.8. The maximum absolute atomic E-state index is 11.8. The Kier molecular flexibility index (Phi) is 7.23. The SMILES string of the molecule is CCCNC(=O)CC(CN)N(CCOC)C1CC1. The Morgan fingerprint density at radius 1 is 1.56 bits per heavy atom. The van der Waals surface area contributed by atoms with Gasteiger partial charge in [-0.15, -0.1) is 0 Å². The summed E-state index contributed by atoms with van der Waals surface area (Å²) in [6.45, 7) is 4.89. The lowest BCUT2D eigenvalue weighted by molar-refractivity contribution is -0.122. The smallest absolute Gasteiger partial charge is 0.221 e. The summed E-state index contributed by atoms with van der Waals surface area (Å²) in [5, 5.41) is 2.92. The monoisotopic (exact) mass is 257 g/mol. The van der Waals surface area contributed by atoms with E-state index in [0.29, 0.717) is 25.6 Å². The summed E-state index contributed by atoms with van der Waals surface area (Å²) < 4.78 is 5.13. The standard InChI is InChI=1S/C13H27N3O2/c1-3-6-15-13(17)9-12(10-14)16(7-8-18-2)11-4-5-11/h11-12H,3-10,14H2,1-2H3,(H,15,17). The van der Waals surface area contributed by atoms with Gasteiger partial charge in [0.25, 0.3) is 0 Å². The van der Waals surface area contributed by atoms with Crippen LogP contribution in [0.4, 0.5) is 0 Å². The van der Waals surface area contributed by atoms with Gasteiger partial charge in [-0.3, -0.25) is 9.69 Å². The van der Waals surface area contributed by atoms with Gasteiger partial charge in [0.1, 0.15) is 0 Å². The van der Waals surface area contributed by atoms with Crippen LogP contribution in [0.3, 0.4) is 0 Å². The van der Waals surface area contributed by atoms with Crippen LogP contribution in [0.2, 0.25) is 0 Å². The van der Waals surface area contributed by atoms with Crippen LogP contribution in [0.15, 0.2) is 0 Å². The van der Waals surface area contributed by atoms with Crippen LogP contribution in [-0.4, -0.2) is 56.2 Å². The first-order chi connectivity index (χ1) is 8.72. The first kappa shape index (κ1) is 15.4. The van der Waals surface area contributed by atoms with E-state index in [-0.39, 0.29) is 11.9 Å². The van der Waals surface area contributed by atoms with E-state index in [4.69, 9.17) is 10.5 Å². The second-order valence-corrected chi connectivity index (χ2v) is 4.91. The molecule has 1 amide bonds. The Morgan fingerprint density at radius 3 is 2.78 bits per heavy atom. The van der Waals surface area contributed by atoms with E-state index in [1.54, 1.807) is 7.11 Å². The largest absolute Gasteiger partial charge is 0.383 e. The van der Waals surface area contributed by atoms with Gasteiger partial charge in [0.2, 0.25) is 5.91 Å². The quantitative estimate of drug-likeness (QED) is 0.592. The minimum atomic E-state index is 0.107. The molecule has 1 atom stereocenters. The Morgan fingerprint density at radius 2 is 2.28 bits per heavy atom. The Labute approximate surface area is 110 Å². The van der Waals surface area contributed by atoms with E-state index < -0.39 is 0 Å². The molecule has 0 heterocycles. The second-order valence-electron chi connectivity index (χ2n) is 4.91. The van der Waals surface area contributed by atoms with Crippen LogP contribution < -0.4 is 11.1 Å². The molecule has 0 aromatic heterocycles. The number of nitrogens with one attached hydrogen (secondary N) is 1. The van der Waals surface area contributed by atoms with Crippen molar-refractivity contribution in [2.75, 3.05) is 33.4 Å². The van der Waals surface area contributed by atoms with E-state index in [1.807, 2.05) is 0 Å². The van der Waals surface area contributed by atoms with Gasteiger partial charge in [0.15, 0.2) is 0 Å². The van der Waals surface area contributed by atoms with Crippen molar-refractivity contribution >= 4 is 5.91 Å². The average molecular weight is 257 g/mol. The summed E-state index contributed by atoms with van der Waals surface area (Å²) in [4.78, 5) is 14.1. The maximum Gasteiger partial charge on any atom is 0.221 e. The second kappa shape index (κ2) is 8.45. The zero-order valence-electron chi connectivity index (χ0n) is 11.7. The summed E-state index contributed by atoms with van der Waals surface area (Å²) in [6, 6.07) is 0.747. The zero-order valence-corrected chi connectivity index (χ0v) is 11.7. The highest BCUT2D eigenvalue weighted by atomic mass is 16.5. The summed E-state index contributed by atoms with van der Waals surface area (Å²) in [5.74, 6) is 0.107. The number of hydrogen-bond acceptors (Lipinski definition) is 4. The fourth-order valence-corrected chi connectivity index (χ4v) is 2.15. The Hall–Kier alpha value is -0.650. The van der Waals surface area contributed by atoms with E-state index in [1.165, 1.54) is 12.8 Å². The van der Waals surface area contributed by atoms with Gasteiger partial charge in [-0.1, -0.05) is 6.92 Å². The molecular weight excluding hydrogens is 230 g/mol. The molecule has 5 nitrogen and oxygen atoms in total. The molecule has 106 valence electrons. The first-order valence-electron chi connectivity index (χ1n) is 6.94. The predicted octanol–water partition coefficient (Wildman–Crippen LogP) is 0.341. The van der Waals surface area contributed by atoms with E-state index in [0.717, 1.165) is 19.5 Å². The van der Waals surface area contributed by atoms with Crippen molar-refractivity contribution in [3.05, 3.63) is 0 Å². The van der Waals surface area contributed by atoms with Crippen molar-refractivity contribution in [1.29, 1.82) is 0 Å². The third kappa shape index (κ3) is 5.33. The molecule has 5 heteroatoms. The van der Waals surface area contributed by atoms with Crippen LogP contribution in [0.25, 0.3) is 0 Å². The topological polar surface area (TPSA) is 67.6 Å². The number of carbonyl (C=O) groups is 1. The molecule has 18 heavy (non-hydrogen) atoms. The molecular formula is C13H27N3O2. The van der Waals surface area contributed by atoms with Crippen molar-refractivity contribution in [1.82, 2.24) is 10.2 Å². The van der Waals surface area contributed by atoms with Crippen LogP contribution in [0.1, 0.15) is 32.6 Å². The number of rotatable bonds is 10. The van der Waals surface area contributed by atoms with Crippen molar-refractivity contribution in [3.63, 3.8) is 0 Å². The number of nitrogens with zero attached hydrogens (tertiary/aromatic N) is 1. The van der Waals surface area contributed by atoms with Gasteiger partial charge >= 0.3 is 0 Å². The molecule has 1 aliphatic rings. The minimum absolute atomic E-state index is 0.107. The van der Waals surface area contributed by atoms with Crippen molar-refractivity contribution in [2.24, 2.45) is 5.73 Å². The number of hydrogen-bond donors (Lipinski definition) is 2. The minimum Gasteiger partial charge on any atom is -0.383 e. The number of amides is 1. The van der Waals surface area contributed by atoms with E-state index in [9.17, 15) is 4.79 Å². The summed E-state index contributed by atoms with van der Waals surface area (Å²) >= 11 is 0. The summed E-state index contributed by atoms with van der Waals surface area (Å²) in [5.41, 5.74) is 5.83. The Balaban J connectivity index is 2.42. The average Bonchev–Trinajstić information content (AvgIpc) is 3.19. The number of ether oxygens (including phenoxy) is 1. The lowest BCUT2D eigenvalue weighted by Crippen LogP contribution is -2.46. The molecule has 1 unspecified atom stereocenters. The van der Waals surface area contributed by atoms with Crippen molar-refractivity contribution in [2.45, 2.75) is 44.7 Å². The molecule has 0 radical (unpaired) electrons. The fourth-order valence-electron chi connectivity index (χ4n) is 2.15. The molecule has 1 fully saturated rings. The van der Waals surface area contributed by atoms with Gasteiger partial charge in [-0.25, -0.2) is 0 Å².